The molecule has 0 saturated heterocycles. The van der Waals surface area contributed by atoms with E-state index in [1.54, 1.807) is 36.4 Å². The van der Waals surface area contributed by atoms with Gasteiger partial charge < -0.3 is 10.1 Å². The van der Waals surface area contributed by atoms with Gasteiger partial charge in [0.05, 0.1) is 0 Å². The molecule has 0 fully saturated rings. The number of ether oxygens (including phenoxy) is 1. The number of hydrogen-bond acceptors (Lipinski definition) is 2. The van der Waals surface area contributed by atoms with E-state index in [0.29, 0.717) is 10.7 Å². The fourth-order valence-corrected chi connectivity index (χ4v) is 1.72. The Morgan fingerprint density at radius 3 is 2.65 bits per heavy atom. The van der Waals surface area contributed by atoms with Crippen LogP contribution >= 0.6 is 11.6 Å². The zero-order valence-corrected chi connectivity index (χ0v) is 11.6. The fourth-order valence-electron chi connectivity index (χ4n) is 1.59. The fraction of sp³-hybridized carbons (Fsp3) is 0.133. The van der Waals surface area contributed by atoms with Gasteiger partial charge in [-0.25, -0.2) is 4.39 Å². The van der Waals surface area contributed by atoms with Crippen molar-refractivity contribution in [3.63, 3.8) is 0 Å². The van der Waals surface area contributed by atoms with Gasteiger partial charge in [0.25, 0.3) is 5.91 Å². The molecular weight excluding hydrogens is 281 g/mol. The second-order valence-electron chi connectivity index (χ2n) is 4.28. The van der Waals surface area contributed by atoms with Crippen molar-refractivity contribution < 1.29 is 13.9 Å². The summed E-state index contributed by atoms with van der Waals surface area (Å²) in [7, 11) is 0. The van der Waals surface area contributed by atoms with Crippen LogP contribution < -0.4 is 10.1 Å². The average Bonchev–Trinajstić information content (AvgIpc) is 2.42. The SMILES string of the molecule is Cc1ccc(F)c(OCC(=O)Nc2ccc(Cl)cc2)c1. The summed E-state index contributed by atoms with van der Waals surface area (Å²) in [6.07, 6.45) is 0. The van der Waals surface area contributed by atoms with Crippen LogP contribution in [-0.4, -0.2) is 12.5 Å². The number of hydrogen-bond donors (Lipinski definition) is 1. The highest BCUT2D eigenvalue weighted by Gasteiger charge is 2.07. The van der Waals surface area contributed by atoms with Crippen LogP contribution in [0.15, 0.2) is 42.5 Å². The van der Waals surface area contributed by atoms with Crippen molar-refractivity contribution in [2.75, 3.05) is 11.9 Å². The van der Waals surface area contributed by atoms with Crippen molar-refractivity contribution in [2.45, 2.75) is 6.92 Å². The summed E-state index contributed by atoms with van der Waals surface area (Å²) >= 11 is 5.74. The summed E-state index contributed by atoms with van der Waals surface area (Å²) in [6.45, 7) is 1.56. The number of carbonyl (C=O) groups is 1. The van der Waals surface area contributed by atoms with Crippen LogP contribution in [0.25, 0.3) is 0 Å². The molecule has 20 heavy (non-hydrogen) atoms. The highest BCUT2D eigenvalue weighted by Crippen LogP contribution is 2.18. The Morgan fingerprint density at radius 2 is 1.95 bits per heavy atom. The van der Waals surface area contributed by atoms with Crippen LogP contribution in [0, 0.1) is 12.7 Å². The second-order valence-corrected chi connectivity index (χ2v) is 4.71. The Balaban J connectivity index is 1.92. The normalized spacial score (nSPS) is 10.2. The molecule has 0 heterocycles. The molecule has 0 aliphatic rings. The van der Waals surface area contributed by atoms with Crippen molar-refractivity contribution in [2.24, 2.45) is 0 Å². The third kappa shape index (κ3) is 3.96. The molecule has 0 bridgehead atoms. The molecule has 0 unspecified atom stereocenters. The molecule has 0 aliphatic heterocycles. The first-order valence-corrected chi connectivity index (χ1v) is 6.37. The number of aryl methyl sites for hydroxylation is 1. The van der Waals surface area contributed by atoms with Crippen LogP contribution in [0.5, 0.6) is 5.75 Å². The lowest BCUT2D eigenvalue weighted by Gasteiger charge is -2.09. The molecule has 1 amide bonds. The summed E-state index contributed by atoms with van der Waals surface area (Å²) in [4.78, 5) is 11.7. The van der Waals surface area contributed by atoms with E-state index in [4.69, 9.17) is 16.3 Å². The molecular formula is C15H13ClFNO2. The van der Waals surface area contributed by atoms with E-state index in [-0.39, 0.29) is 18.3 Å². The van der Waals surface area contributed by atoms with Gasteiger partial charge in [-0.3, -0.25) is 4.79 Å². The third-order valence-corrected chi connectivity index (χ3v) is 2.83. The number of amides is 1. The monoisotopic (exact) mass is 293 g/mol. The van der Waals surface area contributed by atoms with Crippen molar-refractivity contribution in [1.29, 1.82) is 0 Å². The van der Waals surface area contributed by atoms with Gasteiger partial charge in [-0.1, -0.05) is 17.7 Å². The zero-order chi connectivity index (χ0) is 14.5. The summed E-state index contributed by atoms with van der Waals surface area (Å²) in [6, 6.07) is 11.2. The number of benzene rings is 2. The van der Waals surface area contributed by atoms with Gasteiger partial charge in [-0.15, -0.1) is 0 Å². The lowest BCUT2D eigenvalue weighted by Crippen LogP contribution is -2.20. The largest absolute Gasteiger partial charge is 0.481 e. The Labute approximate surface area is 121 Å². The van der Waals surface area contributed by atoms with Gasteiger partial charge in [0.2, 0.25) is 0 Å². The second kappa shape index (κ2) is 6.39. The molecule has 0 aliphatic carbocycles. The van der Waals surface area contributed by atoms with Gasteiger partial charge in [-0.05, 0) is 48.9 Å². The van der Waals surface area contributed by atoms with Crippen molar-refractivity contribution in [1.82, 2.24) is 0 Å². The van der Waals surface area contributed by atoms with E-state index < -0.39 is 5.82 Å². The Bertz CT molecular complexity index is 614. The van der Waals surface area contributed by atoms with E-state index >= 15 is 0 Å². The van der Waals surface area contributed by atoms with E-state index in [0.717, 1.165) is 5.56 Å². The maximum Gasteiger partial charge on any atom is 0.262 e. The molecule has 2 aromatic rings. The van der Waals surface area contributed by atoms with Crippen molar-refractivity contribution in [3.05, 3.63) is 58.9 Å². The molecule has 0 aromatic heterocycles. The lowest BCUT2D eigenvalue weighted by atomic mass is 10.2. The molecule has 2 aromatic carbocycles. The number of anilines is 1. The van der Waals surface area contributed by atoms with Gasteiger partial charge in [-0.2, -0.15) is 0 Å². The first kappa shape index (κ1) is 14.3. The maximum absolute atomic E-state index is 13.4. The molecule has 104 valence electrons. The minimum Gasteiger partial charge on any atom is -0.481 e. The zero-order valence-electron chi connectivity index (χ0n) is 10.8. The average molecular weight is 294 g/mol. The van der Waals surface area contributed by atoms with Crippen LogP contribution in [-0.2, 0) is 4.79 Å². The first-order chi connectivity index (χ1) is 9.54. The Kier molecular flexibility index (Phi) is 4.58. The maximum atomic E-state index is 13.4. The summed E-state index contributed by atoms with van der Waals surface area (Å²) in [5, 5.41) is 3.21. The number of carbonyl (C=O) groups excluding carboxylic acids is 1. The van der Waals surface area contributed by atoms with Crippen LogP contribution in [0.2, 0.25) is 5.02 Å². The quantitative estimate of drug-likeness (QED) is 0.931. The lowest BCUT2D eigenvalue weighted by molar-refractivity contribution is -0.118. The van der Waals surface area contributed by atoms with E-state index in [1.165, 1.54) is 6.07 Å². The van der Waals surface area contributed by atoms with Crippen LogP contribution in [0.4, 0.5) is 10.1 Å². The molecule has 2 rings (SSSR count). The number of halogens is 2. The predicted molar refractivity (Wildman–Crippen MR) is 76.7 cm³/mol. The smallest absolute Gasteiger partial charge is 0.262 e. The standard InChI is InChI=1S/C15H13ClFNO2/c1-10-2-7-13(17)14(8-10)20-9-15(19)18-12-5-3-11(16)4-6-12/h2-8H,9H2,1H3,(H,18,19). The number of nitrogens with one attached hydrogen (secondary N) is 1. The first-order valence-electron chi connectivity index (χ1n) is 5.99. The molecule has 3 nitrogen and oxygen atoms in total. The molecule has 0 atom stereocenters. The number of rotatable bonds is 4. The van der Waals surface area contributed by atoms with Gasteiger partial charge in [0, 0.05) is 10.7 Å². The molecule has 0 spiro atoms. The third-order valence-electron chi connectivity index (χ3n) is 2.57. The molecule has 0 saturated carbocycles. The summed E-state index contributed by atoms with van der Waals surface area (Å²) < 4.78 is 18.6. The summed E-state index contributed by atoms with van der Waals surface area (Å²) in [5.74, 6) is -0.792. The minimum absolute atomic E-state index is 0.0660. The minimum atomic E-state index is -0.491. The van der Waals surface area contributed by atoms with Crippen molar-refractivity contribution >= 4 is 23.2 Å². The highest BCUT2D eigenvalue weighted by atomic mass is 35.5. The summed E-state index contributed by atoms with van der Waals surface area (Å²) in [5.41, 5.74) is 1.47. The molecule has 5 heteroatoms. The van der Waals surface area contributed by atoms with Gasteiger partial charge in [0.15, 0.2) is 18.2 Å². The van der Waals surface area contributed by atoms with E-state index in [2.05, 4.69) is 5.32 Å². The molecule has 0 radical (unpaired) electrons. The predicted octanol–water partition coefficient (Wildman–Crippen LogP) is 3.81. The highest BCUT2D eigenvalue weighted by molar-refractivity contribution is 6.30. The van der Waals surface area contributed by atoms with E-state index in [1.807, 2.05) is 6.92 Å². The Morgan fingerprint density at radius 1 is 1.25 bits per heavy atom. The van der Waals surface area contributed by atoms with Gasteiger partial charge in [0.1, 0.15) is 0 Å². The van der Waals surface area contributed by atoms with E-state index in [9.17, 15) is 9.18 Å². The molecule has 1 N–H and O–H groups in total. The van der Waals surface area contributed by atoms with Crippen LogP contribution in [0.1, 0.15) is 5.56 Å². The van der Waals surface area contributed by atoms with Gasteiger partial charge >= 0.3 is 0 Å². The topological polar surface area (TPSA) is 38.3 Å². The van der Waals surface area contributed by atoms with Crippen molar-refractivity contribution in [3.8, 4) is 5.75 Å². The van der Waals surface area contributed by atoms with Crippen LogP contribution in [0.3, 0.4) is 0 Å². The Hall–Kier alpha value is -2.07.